The van der Waals surface area contributed by atoms with E-state index in [4.69, 9.17) is 23.2 Å². The molecular formula is C15H14Cl3FN-. The molecule has 0 fully saturated rings. The van der Waals surface area contributed by atoms with Crippen LogP contribution in [0.25, 0.3) is 0 Å². The Hall–Kier alpha value is -0.800. The number of hydrogen-bond donors (Lipinski definition) is 1. The Bertz CT molecular complexity index is 543. The summed E-state index contributed by atoms with van der Waals surface area (Å²) in [5.74, 6) is -0.201. The molecule has 2 aromatic carbocycles. The van der Waals surface area contributed by atoms with Crippen molar-refractivity contribution < 1.29 is 16.8 Å². The van der Waals surface area contributed by atoms with E-state index in [9.17, 15) is 4.39 Å². The Balaban J connectivity index is 0.00000200. The molecule has 0 heterocycles. The van der Waals surface area contributed by atoms with E-state index in [-0.39, 0.29) is 18.2 Å². The molecule has 1 N–H and O–H groups in total. The number of halogens is 4. The first-order valence-corrected chi connectivity index (χ1v) is 6.80. The van der Waals surface area contributed by atoms with Crippen molar-refractivity contribution in [1.29, 1.82) is 0 Å². The molecule has 1 nitrogen and oxygen atoms in total. The van der Waals surface area contributed by atoms with E-state index in [0.29, 0.717) is 10.0 Å². The van der Waals surface area contributed by atoms with Crippen LogP contribution in [0.4, 0.5) is 4.39 Å². The lowest BCUT2D eigenvalue weighted by atomic mass is 10.1. The molecule has 5 heteroatoms. The second-order valence-corrected chi connectivity index (χ2v) is 5.12. The molecule has 0 radical (unpaired) electrons. The topological polar surface area (TPSA) is 12.0 Å². The summed E-state index contributed by atoms with van der Waals surface area (Å²) in [5.41, 5.74) is 2.21. The van der Waals surface area contributed by atoms with Gasteiger partial charge in [0.2, 0.25) is 0 Å². The second kappa shape index (κ2) is 8.48. The summed E-state index contributed by atoms with van der Waals surface area (Å²) in [7, 11) is 0. The smallest absolute Gasteiger partial charge is 0.123 e. The van der Waals surface area contributed by atoms with Crippen LogP contribution in [-0.2, 0) is 13.0 Å². The van der Waals surface area contributed by atoms with E-state index < -0.39 is 0 Å². The third kappa shape index (κ3) is 5.29. The van der Waals surface area contributed by atoms with Gasteiger partial charge in [-0.15, -0.1) is 0 Å². The molecular weight excluding hydrogens is 320 g/mol. The molecule has 0 unspecified atom stereocenters. The van der Waals surface area contributed by atoms with Crippen LogP contribution in [0.5, 0.6) is 0 Å². The average Bonchev–Trinajstić information content (AvgIpc) is 2.41. The maximum atomic E-state index is 12.7. The number of benzene rings is 2. The minimum absolute atomic E-state index is 0. The van der Waals surface area contributed by atoms with Crippen LogP contribution in [0.1, 0.15) is 11.1 Å². The Morgan fingerprint density at radius 2 is 1.55 bits per heavy atom. The van der Waals surface area contributed by atoms with Crippen LogP contribution >= 0.6 is 23.2 Å². The van der Waals surface area contributed by atoms with Gasteiger partial charge in [-0.25, -0.2) is 4.39 Å². The van der Waals surface area contributed by atoms with Crippen molar-refractivity contribution in [2.24, 2.45) is 0 Å². The summed E-state index contributed by atoms with van der Waals surface area (Å²) in [5, 5.41) is 4.45. The van der Waals surface area contributed by atoms with Gasteiger partial charge in [0.15, 0.2) is 0 Å². The summed E-state index contributed by atoms with van der Waals surface area (Å²) in [6.07, 6.45) is 0.863. The van der Waals surface area contributed by atoms with Gasteiger partial charge >= 0.3 is 0 Å². The Labute approximate surface area is 134 Å². The molecule has 0 saturated carbocycles. The van der Waals surface area contributed by atoms with Crippen LogP contribution in [0, 0.1) is 5.82 Å². The van der Waals surface area contributed by atoms with E-state index in [1.807, 2.05) is 12.1 Å². The number of rotatable bonds is 5. The van der Waals surface area contributed by atoms with Crippen molar-refractivity contribution in [3.05, 3.63) is 69.5 Å². The number of nitrogens with one attached hydrogen (secondary N) is 1. The van der Waals surface area contributed by atoms with Crippen molar-refractivity contribution in [3.63, 3.8) is 0 Å². The molecule has 0 spiro atoms. The van der Waals surface area contributed by atoms with Crippen molar-refractivity contribution in [2.45, 2.75) is 13.0 Å². The highest BCUT2D eigenvalue weighted by molar-refractivity contribution is 6.42. The first-order chi connectivity index (χ1) is 9.15. The summed E-state index contributed by atoms with van der Waals surface area (Å²) < 4.78 is 12.7. The molecule has 2 rings (SSSR count). The summed E-state index contributed by atoms with van der Waals surface area (Å²) in [6, 6.07) is 12.2. The Morgan fingerprint density at radius 1 is 0.900 bits per heavy atom. The molecule has 108 valence electrons. The van der Waals surface area contributed by atoms with E-state index in [2.05, 4.69) is 5.32 Å². The van der Waals surface area contributed by atoms with Crippen LogP contribution < -0.4 is 17.7 Å². The molecule has 0 amide bonds. The summed E-state index contributed by atoms with van der Waals surface area (Å²) in [6.45, 7) is 1.56. The molecule has 0 saturated heterocycles. The van der Waals surface area contributed by atoms with Gasteiger partial charge in [-0.3, -0.25) is 0 Å². The SMILES string of the molecule is Fc1ccc(CCNCc2ccc(Cl)c(Cl)c2)cc1.[Cl-]. The zero-order valence-electron chi connectivity index (χ0n) is 10.7. The van der Waals surface area contributed by atoms with Gasteiger partial charge in [0.05, 0.1) is 10.0 Å². The minimum Gasteiger partial charge on any atom is -1.00 e. The van der Waals surface area contributed by atoms with Gasteiger partial charge in [0.25, 0.3) is 0 Å². The summed E-state index contributed by atoms with van der Waals surface area (Å²) >= 11 is 11.8. The molecule has 0 bridgehead atoms. The highest BCUT2D eigenvalue weighted by Crippen LogP contribution is 2.22. The minimum atomic E-state index is -0.201. The molecule has 0 aliphatic heterocycles. The lowest BCUT2D eigenvalue weighted by Crippen LogP contribution is -3.00. The molecule has 0 atom stereocenters. The van der Waals surface area contributed by atoms with Crippen LogP contribution in [-0.4, -0.2) is 6.54 Å². The van der Waals surface area contributed by atoms with Gasteiger partial charge < -0.3 is 17.7 Å². The normalized spacial score (nSPS) is 10.2. The fourth-order valence-electron chi connectivity index (χ4n) is 1.77. The zero-order valence-corrected chi connectivity index (χ0v) is 12.9. The fraction of sp³-hybridized carbons (Fsp3) is 0.200. The Morgan fingerprint density at radius 3 is 2.20 bits per heavy atom. The monoisotopic (exact) mass is 332 g/mol. The van der Waals surface area contributed by atoms with Gasteiger partial charge in [-0.2, -0.15) is 0 Å². The van der Waals surface area contributed by atoms with Gasteiger partial charge in [-0.1, -0.05) is 41.4 Å². The largest absolute Gasteiger partial charge is 1.00 e. The van der Waals surface area contributed by atoms with Crippen LogP contribution in [0.15, 0.2) is 42.5 Å². The lowest BCUT2D eigenvalue weighted by molar-refractivity contribution is -0.00000430. The fourth-order valence-corrected chi connectivity index (χ4v) is 2.09. The highest BCUT2D eigenvalue weighted by Gasteiger charge is 1.99. The quantitative estimate of drug-likeness (QED) is 0.817. The van der Waals surface area contributed by atoms with E-state index in [0.717, 1.165) is 30.6 Å². The van der Waals surface area contributed by atoms with Crippen molar-refractivity contribution in [2.75, 3.05) is 6.54 Å². The van der Waals surface area contributed by atoms with Crippen LogP contribution in [0.2, 0.25) is 10.0 Å². The van der Waals surface area contributed by atoms with Crippen LogP contribution in [0.3, 0.4) is 0 Å². The lowest BCUT2D eigenvalue weighted by Gasteiger charge is -2.06. The van der Waals surface area contributed by atoms with Crippen molar-refractivity contribution >= 4 is 23.2 Å². The molecule has 20 heavy (non-hydrogen) atoms. The second-order valence-electron chi connectivity index (χ2n) is 4.30. The van der Waals surface area contributed by atoms with E-state index in [1.54, 1.807) is 18.2 Å². The molecule has 0 aromatic heterocycles. The Kier molecular flexibility index (Phi) is 7.31. The average molecular weight is 334 g/mol. The van der Waals surface area contributed by atoms with Crippen molar-refractivity contribution in [3.8, 4) is 0 Å². The third-order valence-corrected chi connectivity index (χ3v) is 3.56. The van der Waals surface area contributed by atoms with E-state index in [1.165, 1.54) is 12.1 Å². The first kappa shape index (κ1) is 17.3. The van der Waals surface area contributed by atoms with Gasteiger partial charge in [0, 0.05) is 6.54 Å². The molecule has 2 aromatic rings. The van der Waals surface area contributed by atoms with Crippen molar-refractivity contribution in [1.82, 2.24) is 5.32 Å². The molecule has 0 aliphatic carbocycles. The van der Waals surface area contributed by atoms with Gasteiger partial charge in [0.1, 0.15) is 5.82 Å². The maximum absolute atomic E-state index is 12.7. The predicted octanol–water partition coefficient (Wildman–Crippen LogP) is 1.47. The molecule has 0 aliphatic rings. The third-order valence-electron chi connectivity index (χ3n) is 2.82. The first-order valence-electron chi connectivity index (χ1n) is 6.04. The maximum Gasteiger partial charge on any atom is 0.123 e. The van der Waals surface area contributed by atoms with Gasteiger partial charge in [-0.05, 0) is 48.4 Å². The zero-order chi connectivity index (χ0) is 13.7. The van der Waals surface area contributed by atoms with E-state index >= 15 is 0 Å². The number of hydrogen-bond acceptors (Lipinski definition) is 1. The highest BCUT2D eigenvalue weighted by atomic mass is 35.5. The predicted molar refractivity (Wildman–Crippen MR) is 78.3 cm³/mol. The summed E-state index contributed by atoms with van der Waals surface area (Å²) in [4.78, 5) is 0. The standard InChI is InChI=1S/C15H14Cl2FN.ClH/c16-14-6-3-12(9-15(14)17)10-19-8-7-11-1-4-13(18)5-2-11;/h1-6,9,19H,7-8,10H2;1H/p-1.